The van der Waals surface area contributed by atoms with Gasteiger partial charge in [0.15, 0.2) is 0 Å². The number of carbonyl (C=O) groups excluding carboxylic acids is 2. The topological polar surface area (TPSA) is 76.7 Å². The van der Waals surface area contributed by atoms with Crippen molar-refractivity contribution >= 4 is 12.0 Å². The number of nitrogens with one attached hydrogen (secondary N) is 2. The van der Waals surface area contributed by atoms with E-state index in [-0.39, 0.29) is 24.5 Å². The Labute approximate surface area is 126 Å². The molecule has 2 N–H and O–H groups in total. The van der Waals surface area contributed by atoms with Crippen molar-refractivity contribution in [3.8, 4) is 0 Å². The highest BCUT2D eigenvalue weighted by atomic mass is 16.6. The van der Waals surface area contributed by atoms with E-state index < -0.39 is 11.7 Å². The maximum atomic E-state index is 11.7. The first-order chi connectivity index (χ1) is 9.81. The molecule has 0 heterocycles. The van der Waals surface area contributed by atoms with Gasteiger partial charge in [-0.05, 0) is 46.5 Å². The summed E-state index contributed by atoms with van der Waals surface area (Å²) in [6.45, 7) is 8.50. The van der Waals surface area contributed by atoms with Gasteiger partial charge < -0.3 is 20.1 Å². The predicted molar refractivity (Wildman–Crippen MR) is 80.0 cm³/mol. The standard InChI is InChI=1S/C15H28N2O4/c1-5-20-10-13(18)17-12-8-6-7-11(12)9-16-14(19)21-15(2,3)4/h11-12H,5-10H2,1-4H3,(H,16,19)(H,17,18)/t11-,12-/m1/s1. The summed E-state index contributed by atoms with van der Waals surface area (Å²) in [4.78, 5) is 23.3. The number of alkyl carbamates (subject to hydrolysis) is 1. The van der Waals surface area contributed by atoms with Crippen LogP contribution < -0.4 is 10.6 Å². The molecule has 0 radical (unpaired) electrons. The Balaban J connectivity index is 2.33. The molecule has 2 atom stereocenters. The largest absolute Gasteiger partial charge is 0.444 e. The lowest BCUT2D eigenvalue weighted by atomic mass is 10.0. The van der Waals surface area contributed by atoms with Crippen molar-refractivity contribution in [2.75, 3.05) is 19.8 Å². The van der Waals surface area contributed by atoms with E-state index in [2.05, 4.69) is 10.6 Å². The van der Waals surface area contributed by atoms with Crippen LogP contribution in [0.15, 0.2) is 0 Å². The molecule has 0 bridgehead atoms. The van der Waals surface area contributed by atoms with Crippen molar-refractivity contribution < 1.29 is 19.1 Å². The van der Waals surface area contributed by atoms with E-state index in [4.69, 9.17) is 9.47 Å². The van der Waals surface area contributed by atoms with Gasteiger partial charge in [0, 0.05) is 19.2 Å². The number of amides is 2. The third-order valence-electron chi connectivity index (χ3n) is 3.35. The number of carbonyl (C=O) groups is 2. The summed E-state index contributed by atoms with van der Waals surface area (Å²) in [5, 5.41) is 5.76. The Bertz CT molecular complexity index is 352. The van der Waals surface area contributed by atoms with E-state index in [0.717, 1.165) is 19.3 Å². The van der Waals surface area contributed by atoms with Gasteiger partial charge in [0.1, 0.15) is 12.2 Å². The van der Waals surface area contributed by atoms with Gasteiger partial charge in [-0.1, -0.05) is 6.42 Å². The van der Waals surface area contributed by atoms with Crippen LogP contribution in [0.25, 0.3) is 0 Å². The number of hydrogen-bond donors (Lipinski definition) is 2. The highest BCUT2D eigenvalue weighted by Gasteiger charge is 2.29. The van der Waals surface area contributed by atoms with Crippen molar-refractivity contribution in [3.63, 3.8) is 0 Å². The molecule has 6 heteroatoms. The van der Waals surface area contributed by atoms with Crippen LogP contribution in [-0.2, 0) is 14.3 Å². The second-order valence-corrected chi connectivity index (χ2v) is 6.38. The second kappa shape index (κ2) is 8.22. The van der Waals surface area contributed by atoms with Crippen molar-refractivity contribution in [2.24, 2.45) is 5.92 Å². The molecular formula is C15H28N2O4. The van der Waals surface area contributed by atoms with E-state index in [1.54, 1.807) is 0 Å². The molecule has 0 spiro atoms. The highest BCUT2D eigenvalue weighted by molar-refractivity contribution is 5.77. The van der Waals surface area contributed by atoms with E-state index in [9.17, 15) is 9.59 Å². The fourth-order valence-electron chi connectivity index (χ4n) is 2.44. The third-order valence-corrected chi connectivity index (χ3v) is 3.35. The van der Waals surface area contributed by atoms with Gasteiger partial charge in [0.05, 0.1) is 0 Å². The first-order valence-electron chi connectivity index (χ1n) is 7.65. The van der Waals surface area contributed by atoms with Crippen LogP contribution in [0, 0.1) is 5.92 Å². The van der Waals surface area contributed by atoms with Crippen molar-refractivity contribution in [2.45, 2.75) is 58.6 Å². The van der Waals surface area contributed by atoms with E-state index in [1.807, 2.05) is 27.7 Å². The smallest absolute Gasteiger partial charge is 0.407 e. The van der Waals surface area contributed by atoms with Crippen LogP contribution in [-0.4, -0.2) is 43.4 Å². The summed E-state index contributed by atoms with van der Waals surface area (Å²) in [5.41, 5.74) is -0.495. The summed E-state index contributed by atoms with van der Waals surface area (Å²) >= 11 is 0. The predicted octanol–water partition coefficient (Wildman–Crippen LogP) is 1.83. The molecule has 0 aliphatic heterocycles. The third kappa shape index (κ3) is 7.32. The summed E-state index contributed by atoms with van der Waals surface area (Å²) in [6, 6.07) is 0.105. The molecule has 0 aromatic carbocycles. The minimum Gasteiger partial charge on any atom is -0.444 e. The zero-order chi connectivity index (χ0) is 15.9. The molecule has 0 unspecified atom stereocenters. The van der Waals surface area contributed by atoms with Gasteiger partial charge in [-0.25, -0.2) is 4.79 Å². The van der Waals surface area contributed by atoms with Gasteiger partial charge in [0.25, 0.3) is 0 Å². The molecule has 6 nitrogen and oxygen atoms in total. The van der Waals surface area contributed by atoms with E-state index in [0.29, 0.717) is 13.2 Å². The fraction of sp³-hybridized carbons (Fsp3) is 0.867. The molecule has 0 aromatic rings. The highest BCUT2D eigenvalue weighted by Crippen LogP contribution is 2.25. The molecule has 0 aromatic heterocycles. The lowest BCUT2D eigenvalue weighted by Gasteiger charge is -2.23. The maximum absolute atomic E-state index is 11.7. The zero-order valence-electron chi connectivity index (χ0n) is 13.5. The van der Waals surface area contributed by atoms with Crippen molar-refractivity contribution in [1.29, 1.82) is 0 Å². The van der Waals surface area contributed by atoms with Crippen LogP contribution >= 0.6 is 0 Å². The SMILES string of the molecule is CCOCC(=O)N[C@@H]1CCC[C@@H]1CNC(=O)OC(C)(C)C. The lowest BCUT2D eigenvalue weighted by Crippen LogP contribution is -2.44. The Hall–Kier alpha value is -1.30. The maximum Gasteiger partial charge on any atom is 0.407 e. The minimum atomic E-state index is -0.495. The Morgan fingerprint density at radius 1 is 1.24 bits per heavy atom. The minimum absolute atomic E-state index is 0.0916. The fourth-order valence-corrected chi connectivity index (χ4v) is 2.44. The number of ether oxygens (including phenoxy) is 2. The van der Waals surface area contributed by atoms with Crippen molar-refractivity contribution in [3.05, 3.63) is 0 Å². The van der Waals surface area contributed by atoms with Crippen LogP contribution in [0.5, 0.6) is 0 Å². The molecule has 1 fully saturated rings. The molecule has 122 valence electrons. The average Bonchev–Trinajstić information content (AvgIpc) is 2.79. The van der Waals surface area contributed by atoms with Crippen LogP contribution in [0.4, 0.5) is 4.79 Å². The van der Waals surface area contributed by atoms with Gasteiger partial charge in [-0.15, -0.1) is 0 Å². The lowest BCUT2D eigenvalue weighted by molar-refractivity contribution is -0.126. The molecule has 0 saturated heterocycles. The number of hydrogen-bond acceptors (Lipinski definition) is 4. The zero-order valence-corrected chi connectivity index (χ0v) is 13.5. The second-order valence-electron chi connectivity index (χ2n) is 6.38. The van der Waals surface area contributed by atoms with Crippen LogP contribution in [0.2, 0.25) is 0 Å². The monoisotopic (exact) mass is 300 g/mol. The summed E-state index contributed by atoms with van der Waals surface area (Å²) in [5.74, 6) is 0.161. The average molecular weight is 300 g/mol. The summed E-state index contributed by atoms with van der Waals surface area (Å²) in [7, 11) is 0. The first-order valence-corrected chi connectivity index (χ1v) is 7.65. The quantitative estimate of drug-likeness (QED) is 0.784. The normalized spacial score (nSPS) is 21.9. The van der Waals surface area contributed by atoms with Gasteiger partial charge in [-0.3, -0.25) is 4.79 Å². The molecule has 1 rings (SSSR count). The van der Waals surface area contributed by atoms with Crippen molar-refractivity contribution in [1.82, 2.24) is 10.6 Å². The van der Waals surface area contributed by atoms with Gasteiger partial charge >= 0.3 is 6.09 Å². The van der Waals surface area contributed by atoms with Crippen LogP contribution in [0.3, 0.4) is 0 Å². The number of rotatable bonds is 6. The van der Waals surface area contributed by atoms with E-state index in [1.165, 1.54) is 0 Å². The first kappa shape index (κ1) is 17.8. The molecular weight excluding hydrogens is 272 g/mol. The molecule has 21 heavy (non-hydrogen) atoms. The molecule has 1 saturated carbocycles. The van der Waals surface area contributed by atoms with Gasteiger partial charge in [0.2, 0.25) is 5.91 Å². The van der Waals surface area contributed by atoms with Crippen LogP contribution in [0.1, 0.15) is 47.0 Å². The summed E-state index contributed by atoms with van der Waals surface area (Å²) < 4.78 is 10.3. The molecule has 2 amide bonds. The van der Waals surface area contributed by atoms with Gasteiger partial charge in [-0.2, -0.15) is 0 Å². The Kier molecular flexibility index (Phi) is 6.95. The summed E-state index contributed by atoms with van der Waals surface area (Å²) in [6.07, 6.45) is 2.59. The Morgan fingerprint density at radius 2 is 1.95 bits per heavy atom. The molecule has 1 aliphatic rings. The molecule has 1 aliphatic carbocycles. The Morgan fingerprint density at radius 3 is 2.57 bits per heavy atom. The van der Waals surface area contributed by atoms with E-state index >= 15 is 0 Å².